The van der Waals surface area contributed by atoms with E-state index >= 15 is 0 Å². The van der Waals surface area contributed by atoms with Gasteiger partial charge in [0.2, 0.25) is 0 Å². The van der Waals surface area contributed by atoms with Gasteiger partial charge >= 0.3 is 0 Å². The Labute approximate surface area is 252 Å². The largest absolute Gasteiger partial charge is 0.484 e. The van der Waals surface area contributed by atoms with E-state index < -0.39 is 22.5 Å². The minimum absolute atomic E-state index is 0.0800. The number of nitrogens with one attached hydrogen (secondary N) is 2. The van der Waals surface area contributed by atoms with Gasteiger partial charge in [-0.3, -0.25) is 13.9 Å². The average Bonchev–Trinajstić information content (AvgIpc) is 3.04. The van der Waals surface area contributed by atoms with Crippen molar-refractivity contribution in [3.05, 3.63) is 126 Å². The standard InChI is InChI=1S/C33H34N4O5S/c1-3-26-14-18-29(19-15-26)37(43(40,41)31-12-8-5-9-13-31)23-32(38)36-34-22-27-16-20-30(21-17-27)42-24-33(39)35-25(2)28-10-6-4-7-11-28/h4-22,25H,3,23-24H2,1-2H3,(H,35,39)(H,36,38)/b34-22-/t25-/m0/s1. The number of carbonyl (C=O) groups is 2. The summed E-state index contributed by atoms with van der Waals surface area (Å²) in [4.78, 5) is 25.2. The lowest BCUT2D eigenvalue weighted by Gasteiger charge is -2.24. The summed E-state index contributed by atoms with van der Waals surface area (Å²) in [7, 11) is -4.01. The molecule has 0 aliphatic heterocycles. The third-order valence-corrected chi connectivity index (χ3v) is 8.37. The van der Waals surface area contributed by atoms with E-state index in [1.54, 1.807) is 54.6 Å². The molecule has 4 aromatic rings. The molecule has 0 bridgehead atoms. The van der Waals surface area contributed by atoms with Gasteiger partial charge in [-0.15, -0.1) is 0 Å². The fourth-order valence-corrected chi connectivity index (χ4v) is 5.63. The summed E-state index contributed by atoms with van der Waals surface area (Å²) in [6, 6.07) is 31.3. The summed E-state index contributed by atoms with van der Waals surface area (Å²) in [5.74, 6) is -0.347. The molecule has 4 rings (SSSR count). The third-order valence-electron chi connectivity index (χ3n) is 6.58. The highest BCUT2D eigenvalue weighted by atomic mass is 32.2. The maximum atomic E-state index is 13.4. The van der Waals surface area contributed by atoms with E-state index in [9.17, 15) is 18.0 Å². The quantitative estimate of drug-likeness (QED) is 0.169. The second-order valence-corrected chi connectivity index (χ2v) is 11.6. The molecule has 222 valence electrons. The Morgan fingerprint density at radius 3 is 2.12 bits per heavy atom. The molecule has 0 spiro atoms. The van der Waals surface area contributed by atoms with Gasteiger partial charge in [-0.1, -0.05) is 67.6 Å². The normalized spacial score (nSPS) is 12.0. The van der Waals surface area contributed by atoms with Crippen LogP contribution in [0, 0.1) is 0 Å². The zero-order valence-corrected chi connectivity index (χ0v) is 24.8. The molecule has 0 radical (unpaired) electrons. The second-order valence-electron chi connectivity index (χ2n) is 9.70. The van der Waals surface area contributed by atoms with Crippen LogP contribution in [0.1, 0.15) is 36.6 Å². The number of rotatable bonds is 13. The molecule has 0 saturated heterocycles. The first kappa shape index (κ1) is 31.0. The molecule has 4 aromatic carbocycles. The van der Waals surface area contributed by atoms with Crippen LogP contribution in [-0.4, -0.2) is 39.6 Å². The Morgan fingerprint density at radius 1 is 0.860 bits per heavy atom. The fourth-order valence-electron chi connectivity index (χ4n) is 4.18. The number of ether oxygens (including phenoxy) is 1. The molecular formula is C33H34N4O5S. The summed E-state index contributed by atoms with van der Waals surface area (Å²) in [5.41, 5.74) is 5.49. The number of amides is 2. The minimum Gasteiger partial charge on any atom is -0.484 e. The molecule has 2 N–H and O–H groups in total. The maximum absolute atomic E-state index is 13.4. The second kappa shape index (κ2) is 14.8. The van der Waals surface area contributed by atoms with Gasteiger partial charge in [0.1, 0.15) is 12.3 Å². The number of anilines is 1. The average molecular weight is 599 g/mol. The van der Waals surface area contributed by atoms with E-state index in [1.807, 2.05) is 56.3 Å². The first-order valence-electron chi connectivity index (χ1n) is 13.8. The van der Waals surface area contributed by atoms with Crippen molar-refractivity contribution in [2.45, 2.75) is 31.2 Å². The molecule has 0 saturated carbocycles. The Morgan fingerprint density at radius 2 is 1.49 bits per heavy atom. The van der Waals surface area contributed by atoms with Crippen molar-refractivity contribution in [3.8, 4) is 5.75 Å². The number of sulfonamides is 1. The number of nitrogens with zero attached hydrogens (tertiary/aromatic N) is 2. The third kappa shape index (κ3) is 8.76. The lowest BCUT2D eigenvalue weighted by Crippen LogP contribution is -2.39. The van der Waals surface area contributed by atoms with Crippen LogP contribution in [0.4, 0.5) is 5.69 Å². The zero-order chi connectivity index (χ0) is 30.7. The predicted octanol–water partition coefficient (Wildman–Crippen LogP) is 4.85. The van der Waals surface area contributed by atoms with Gasteiger partial charge in [0.05, 0.1) is 22.8 Å². The molecule has 0 unspecified atom stereocenters. The molecular weight excluding hydrogens is 564 g/mol. The fraction of sp³-hybridized carbons (Fsp3) is 0.182. The molecule has 9 nitrogen and oxygen atoms in total. The van der Waals surface area contributed by atoms with Crippen LogP contribution < -0.4 is 19.8 Å². The minimum atomic E-state index is -4.01. The van der Waals surface area contributed by atoms with Crippen LogP contribution in [0.15, 0.2) is 119 Å². The van der Waals surface area contributed by atoms with Crippen molar-refractivity contribution in [2.24, 2.45) is 5.10 Å². The summed E-state index contributed by atoms with van der Waals surface area (Å²) in [6.45, 7) is 3.32. The zero-order valence-electron chi connectivity index (χ0n) is 24.0. The predicted molar refractivity (Wildman–Crippen MR) is 167 cm³/mol. The van der Waals surface area contributed by atoms with Crippen LogP contribution in [-0.2, 0) is 26.0 Å². The molecule has 10 heteroatoms. The summed E-state index contributed by atoms with van der Waals surface area (Å²) in [5, 5.41) is 6.88. The number of hydrogen-bond donors (Lipinski definition) is 2. The van der Waals surface area contributed by atoms with Gasteiger partial charge < -0.3 is 10.1 Å². The van der Waals surface area contributed by atoms with Crippen molar-refractivity contribution < 1.29 is 22.7 Å². The topological polar surface area (TPSA) is 117 Å². The van der Waals surface area contributed by atoms with Gasteiger partial charge in [0, 0.05) is 0 Å². The van der Waals surface area contributed by atoms with Crippen LogP contribution in [0.25, 0.3) is 0 Å². The summed E-state index contributed by atoms with van der Waals surface area (Å²) < 4.78 is 33.5. The van der Waals surface area contributed by atoms with E-state index in [2.05, 4.69) is 15.8 Å². The van der Waals surface area contributed by atoms with Crippen molar-refractivity contribution in [2.75, 3.05) is 17.5 Å². The van der Waals surface area contributed by atoms with E-state index in [1.165, 1.54) is 18.3 Å². The van der Waals surface area contributed by atoms with Crippen LogP contribution >= 0.6 is 0 Å². The van der Waals surface area contributed by atoms with Gasteiger partial charge in [-0.05, 0) is 78.6 Å². The highest BCUT2D eigenvalue weighted by molar-refractivity contribution is 7.92. The van der Waals surface area contributed by atoms with E-state index in [0.29, 0.717) is 17.0 Å². The van der Waals surface area contributed by atoms with Crippen molar-refractivity contribution in [1.82, 2.24) is 10.7 Å². The lowest BCUT2D eigenvalue weighted by atomic mass is 10.1. The van der Waals surface area contributed by atoms with Crippen LogP contribution in [0.2, 0.25) is 0 Å². The van der Waals surface area contributed by atoms with Gasteiger partial charge in [-0.25, -0.2) is 13.8 Å². The maximum Gasteiger partial charge on any atom is 0.264 e. The van der Waals surface area contributed by atoms with Crippen molar-refractivity contribution >= 4 is 33.7 Å². The molecule has 0 heterocycles. The van der Waals surface area contributed by atoms with E-state index in [0.717, 1.165) is 21.9 Å². The molecule has 0 aromatic heterocycles. The van der Waals surface area contributed by atoms with Crippen LogP contribution in [0.5, 0.6) is 5.75 Å². The Bertz CT molecular complexity index is 1630. The molecule has 0 aliphatic carbocycles. The number of benzene rings is 4. The van der Waals surface area contributed by atoms with Gasteiger partial charge in [-0.2, -0.15) is 5.10 Å². The highest BCUT2D eigenvalue weighted by Gasteiger charge is 2.27. The smallest absolute Gasteiger partial charge is 0.264 e. The summed E-state index contributed by atoms with van der Waals surface area (Å²) in [6.07, 6.45) is 2.24. The van der Waals surface area contributed by atoms with E-state index in [-0.39, 0.29) is 23.5 Å². The van der Waals surface area contributed by atoms with Crippen LogP contribution in [0.3, 0.4) is 0 Å². The number of hydrogen-bond acceptors (Lipinski definition) is 6. The van der Waals surface area contributed by atoms with Crippen molar-refractivity contribution in [1.29, 1.82) is 0 Å². The Hall–Kier alpha value is -4.96. The molecule has 1 atom stereocenters. The Balaban J connectivity index is 1.33. The van der Waals surface area contributed by atoms with E-state index in [4.69, 9.17) is 4.74 Å². The molecule has 0 fully saturated rings. The van der Waals surface area contributed by atoms with Gasteiger partial charge in [0.15, 0.2) is 6.61 Å². The Kier molecular flexibility index (Phi) is 10.7. The molecule has 2 amide bonds. The first-order valence-corrected chi connectivity index (χ1v) is 15.3. The lowest BCUT2D eigenvalue weighted by molar-refractivity contribution is -0.123. The van der Waals surface area contributed by atoms with Gasteiger partial charge in [0.25, 0.3) is 21.8 Å². The molecule has 43 heavy (non-hydrogen) atoms. The summed E-state index contributed by atoms with van der Waals surface area (Å²) >= 11 is 0. The number of hydrazone groups is 1. The number of aryl methyl sites for hydroxylation is 1. The van der Waals surface area contributed by atoms with Crippen molar-refractivity contribution in [3.63, 3.8) is 0 Å². The first-order chi connectivity index (χ1) is 20.8. The SMILES string of the molecule is CCc1ccc(N(CC(=O)N/N=C\c2ccc(OCC(=O)N[C@@H](C)c3ccccc3)cc2)S(=O)(=O)c2ccccc2)cc1. The number of carbonyl (C=O) groups excluding carboxylic acids is 2. The highest BCUT2D eigenvalue weighted by Crippen LogP contribution is 2.24. The monoisotopic (exact) mass is 598 g/mol. The molecule has 0 aliphatic rings.